The summed E-state index contributed by atoms with van der Waals surface area (Å²) >= 11 is 0. The quantitative estimate of drug-likeness (QED) is 0.674. The van der Waals surface area contributed by atoms with Gasteiger partial charge in [0.1, 0.15) is 11.8 Å². The van der Waals surface area contributed by atoms with Crippen LogP contribution in [0.1, 0.15) is 26.2 Å². The number of methoxy groups -OCH3 is 2. The highest BCUT2D eigenvalue weighted by atomic mass is 16.7. The lowest BCUT2D eigenvalue weighted by atomic mass is 10.1. The first-order valence-electron chi connectivity index (χ1n) is 5.95. The van der Waals surface area contributed by atoms with Crippen LogP contribution in [0.3, 0.4) is 0 Å². The zero-order chi connectivity index (χ0) is 11.8. The van der Waals surface area contributed by atoms with Gasteiger partial charge in [0, 0.05) is 14.2 Å². The summed E-state index contributed by atoms with van der Waals surface area (Å²) in [7, 11) is 3.30. The number of nitrogens with one attached hydrogen (secondary N) is 1. The lowest BCUT2D eigenvalue weighted by molar-refractivity contribution is -0.123. The summed E-state index contributed by atoms with van der Waals surface area (Å²) in [5, 5.41) is 3.40. The summed E-state index contributed by atoms with van der Waals surface area (Å²) in [4.78, 5) is 0. The smallest absolute Gasteiger partial charge is 0.179 e. The fourth-order valence-electron chi connectivity index (χ4n) is 1.79. The molecule has 0 saturated carbocycles. The van der Waals surface area contributed by atoms with Gasteiger partial charge in [0.05, 0.1) is 6.61 Å². The molecule has 0 aromatic carbocycles. The van der Waals surface area contributed by atoms with Crippen LogP contribution in [-0.4, -0.2) is 39.7 Å². The maximum absolute atomic E-state index is 5.66. The molecule has 0 amide bonds. The Labute approximate surface area is 97.9 Å². The van der Waals surface area contributed by atoms with Gasteiger partial charge in [0.2, 0.25) is 0 Å². The summed E-state index contributed by atoms with van der Waals surface area (Å²) in [6.45, 7) is 3.85. The minimum Gasteiger partial charge on any atom is -0.496 e. The molecule has 0 radical (unpaired) electrons. The molecule has 0 fully saturated rings. The highest BCUT2D eigenvalue weighted by Gasteiger charge is 2.26. The van der Waals surface area contributed by atoms with Crippen molar-refractivity contribution in [2.75, 3.05) is 27.4 Å². The van der Waals surface area contributed by atoms with E-state index in [0.717, 1.165) is 38.2 Å². The first kappa shape index (κ1) is 13.5. The lowest BCUT2D eigenvalue weighted by Crippen LogP contribution is -2.44. The molecule has 1 aliphatic heterocycles. The monoisotopic (exact) mass is 229 g/mol. The largest absolute Gasteiger partial charge is 0.496 e. The zero-order valence-corrected chi connectivity index (χ0v) is 10.5. The fraction of sp³-hybridized carbons (Fsp3) is 0.833. The Bertz CT molecular complexity index is 214. The molecule has 1 rings (SSSR count). The molecule has 0 aromatic rings. The third-order valence-corrected chi connectivity index (χ3v) is 2.62. The van der Waals surface area contributed by atoms with Crippen molar-refractivity contribution in [1.82, 2.24) is 5.32 Å². The summed E-state index contributed by atoms with van der Waals surface area (Å²) in [6, 6.07) is -0.00440. The van der Waals surface area contributed by atoms with Crippen LogP contribution in [0.25, 0.3) is 0 Å². The normalized spacial score (nSPS) is 18.1. The predicted octanol–water partition coefficient (Wildman–Crippen LogP) is 1.67. The third kappa shape index (κ3) is 3.77. The predicted molar refractivity (Wildman–Crippen MR) is 63.2 cm³/mol. The second-order valence-corrected chi connectivity index (χ2v) is 3.87. The molecule has 0 saturated heterocycles. The van der Waals surface area contributed by atoms with E-state index >= 15 is 0 Å². The maximum atomic E-state index is 5.66. The molecule has 0 spiro atoms. The van der Waals surface area contributed by atoms with Gasteiger partial charge in [-0.05, 0) is 31.9 Å². The third-order valence-electron chi connectivity index (χ3n) is 2.62. The van der Waals surface area contributed by atoms with Gasteiger partial charge in [-0.3, -0.25) is 0 Å². The van der Waals surface area contributed by atoms with E-state index in [2.05, 4.69) is 18.3 Å². The molecule has 16 heavy (non-hydrogen) atoms. The van der Waals surface area contributed by atoms with Crippen LogP contribution in [0.15, 0.2) is 11.8 Å². The molecule has 4 heteroatoms. The van der Waals surface area contributed by atoms with E-state index in [-0.39, 0.29) is 12.3 Å². The van der Waals surface area contributed by atoms with E-state index in [1.807, 2.05) is 0 Å². The average Bonchev–Trinajstić information content (AvgIpc) is 2.35. The molecule has 1 heterocycles. The summed E-state index contributed by atoms with van der Waals surface area (Å²) < 4.78 is 16.3. The average molecular weight is 229 g/mol. The Hall–Kier alpha value is -0.580. The highest BCUT2D eigenvalue weighted by molar-refractivity contribution is 5.07. The van der Waals surface area contributed by atoms with Gasteiger partial charge in [0.25, 0.3) is 0 Å². The van der Waals surface area contributed by atoms with E-state index in [4.69, 9.17) is 14.2 Å². The minimum atomic E-state index is -0.295. The lowest BCUT2D eigenvalue weighted by Gasteiger charge is -2.29. The van der Waals surface area contributed by atoms with E-state index in [9.17, 15) is 0 Å². The van der Waals surface area contributed by atoms with Gasteiger partial charge in [0.15, 0.2) is 6.29 Å². The standard InChI is InChI=1S/C12H23NO3/c1-4-8-13-11(12(14-2)15-3)10-7-5-6-9-16-10/h7,11-13H,4-6,8-9H2,1-3H3. The van der Waals surface area contributed by atoms with E-state index in [1.54, 1.807) is 14.2 Å². The zero-order valence-electron chi connectivity index (χ0n) is 10.5. The van der Waals surface area contributed by atoms with E-state index < -0.39 is 0 Å². The molecule has 1 unspecified atom stereocenters. The summed E-state index contributed by atoms with van der Waals surface area (Å²) in [6.07, 6.45) is 5.07. The highest BCUT2D eigenvalue weighted by Crippen LogP contribution is 2.17. The maximum Gasteiger partial charge on any atom is 0.179 e. The number of allylic oxidation sites excluding steroid dienone is 1. The van der Waals surface area contributed by atoms with Crippen molar-refractivity contribution in [2.45, 2.75) is 38.5 Å². The molecule has 0 aliphatic carbocycles. The van der Waals surface area contributed by atoms with Gasteiger partial charge in [-0.15, -0.1) is 0 Å². The first-order chi connectivity index (χ1) is 7.83. The van der Waals surface area contributed by atoms with Crippen molar-refractivity contribution >= 4 is 0 Å². The van der Waals surface area contributed by atoms with Gasteiger partial charge < -0.3 is 19.5 Å². The summed E-state index contributed by atoms with van der Waals surface area (Å²) in [5.41, 5.74) is 0. The van der Waals surface area contributed by atoms with E-state index in [0.29, 0.717) is 0 Å². The van der Waals surface area contributed by atoms with Crippen molar-refractivity contribution in [3.05, 3.63) is 11.8 Å². The number of ether oxygens (including phenoxy) is 3. The number of rotatable bonds is 7. The fourth-order valence-corrected chi connectivity index (χ4v) is 1.79. The summed E-state index contributed by atoms with van der Waals surface area (Å²) in [5.74, 6) is 0.952. The van der Waals surface area contributed by atoms with Crippen LogP contribution in [-0.2, 0) is 14.2 Å². The van der Waals surface area contributed by atoms with Crippen LogP contribution >= 0.6 is 0 Å². The molecule has 0 bridgehead atoms. The second kappa shape index (κ2) is 7.65. The Morgan fingerprint density at radius 2 is 2.19 bits per heavy atom. The molecule has 1 aliphatic rings. The van der Waals surface area contributed by atoms with Crippen LogP contribution in [0.4, 0.5) is 0 Å². The Kier molecular flexibility index (Phi) is 6.45. The number of hydrogen-bond acceptors (Lipinski definition) is 4. The van der Waals surface area contributed by atoms with Crippen LogP contribution in [0.2, 0.25) is 0 Å². The Morgan fingerprint density at radius 1 is 1.44 bits per heavy atom. The van der Waals surface area contributed by atoms with Crippen LogP contribution < -0.4 is 5.32 Å². The molecule has 0 aromatic heterocycles. The SMILES string of the molecule is CCCNC(C1=CCCCO1)C(OC)OC. The van der Waals surface area contributed by atoms with Crippen molar-refractivity contribution in [3.8, 4) is 0 Å². The van der Waals surface area contributed by atoms with Crippen molar-refractivity contribution < 1.29 is 14.2 Å². The Balaban J connectivity index is 2.64. The first-order valence-corrected chi connectivity index (χ1v) is 5.95. The van der Waals surface area contributed by atoms with Crippen molar-refractivity contribution in [3.63, 3.8) is 0 Å². The van der Waals surface area contributed by atoms with Gasteiger partial charge in [-0.1, -0.05) is 6.92 Å². The van der Waals surface area contributed by atoms with Gasteiger partial charge in [-0.2, -0.15) is 0 Å². The Morgan fingerprint density at radius 3 is 2.69 bits per heavy atom. The second-order valence-electron chi connectivity index (χ2n) is 3.87. The van der Waals surface area contributed by atoms with E-state index in [1.165, 1.54) is 0 Å². The molecular weight excluding hydrogens is 206 g/mol. The molecule has 1 atom stereocenters. The minimum absolute atomic E-state index is 0.00440. The van der Waals surface area contributed by atoms with Crippen LogP contribution in [0.5, 0.6) is 0 Å². The van der Waals surface area contributed by atoms with Crippen molar-refractivity contribution in [2.24, 2.45) is 0 Å². The molecular formula is C12H23NO3. The number of hydrogen-bond donors (Lipinski definition) is 1. The molecule has 1 N–H and O–H groups in total. The van der Waals surface area contributed by atoms with Crippen LogP contribution in [0, 0.1) is 0 Å². The molecule has 4 nitrogen and oxygen atoms in total. The van der Waals surface area contributed by atoms with Gasteiger partial charge >= 0.3 is 0 Å². The topological polar surface area (TPSA) is 39.7 Å². The van der Waals surface area contributed by atoms with Crippen molar-refractivity contribution in [1.29, 1.82) is 0 Å². The molecule has 94 valence electrons. The van der Waals surface area contributed by atoms with Gasteiger partial charge in [-0.25, -0.2) is 0 Å².